The maximum absolute atomic E-state index is 3.42. The van der Waals surface area contributed by atoms with Crippen LogP contribution in [0.2, 0.25) is 0 Å². The Kier molecular flexibility index (Phi) is 6.48. The van der Waals surface area contributed by atoms with E-state index in [1.165, 1.54) is 34.4 Å². The molecule has 3 heteroatoms. The highest BCUT2D eigenvalue weighted by Crippen LogP contribution is 2.22. The highest BCUT2D eigenvalue weighted by Gasteiger charge is 2.07. The highest BCUT2D eigenvalue weighted by atomic mass is 32.2. The van der Waals surface area contributed by atoms with Gasteiger partial charge in [-0.3, -0.25) is 0 Å². The monoisotopic (exact) mass is 290 g/mol. The third-order valence-electron chi connectivity index (χ3n) is 3.58. The summed E-state index contributed by atoms with van der Waals surface area (Å²) in [7, 11) is 0. The van der Waals surface area contributed by atoms with Crippen molar-refractivity contribution in [2.45, 2.75) is 33.2 Å². The van der Waals surface area contributed by atoms with Crippen LogP contribution < -0.4 is 5.32 Å². The molecule has 0 fully saturated rings. The lowest BCUT2D eigenvalue weighted by Crippen LogP contribution is -2.15. The molecule has 110 valence electrons. The van der Waals surface area contributed by atoms with Crippen molar-refractivity contribution in [3.8, 4) is 0 Å². The third-order valence-corrected chi connectivity index (χ3v) is 4.57. The molecule has 0 unspecified atom stereocenters. The minimum Gasteiger partial charge on any atom is -0.347 e. The molecule has 0 atom stereocenters. The molecule has 0 aliphatic heterocycles. The average molecular weight is 290 g/mol. The maximum atomic E-state index is 3.42. The molecule has 2 aromatic rings. The van der Waals surface area contributed by atoms with Gasteiger partial charge in [0.05, 0.1) is 0 Å². The zero-order valence-corrected chi connectivity index (χ0v) is 13.5. The topological polar surface area (TPSA) is 17.0 Å². The molecule has 0 spiro atoms. The first-order chi connectivity index (χ1) is 9.86. The Labute approximate surface area is 126 Å². The summed E-state index contributed by atoms with van der Waals surface area (Å²) in [5.74, 6) is 2.48. The van der Waals surface area contributed by atoms with E-state index in [0.29, 0.717) is 0 Å². The van der Waals surface area contributed by atoms with Gasteiger partial charge >= 0.3 is 0 Å². The van der Waals surface area contributed by atoms with Gasteiger partial charge in [0.25, 0.3) is 0 Å². The summed E-state index contributed by atoms with van der Waals surface area (Å²) in [4.78, 5) is 0. The van der Waals surface area contributed by atoms with Gasteiger partial charge in [-0.05, 0) is 49.1 Å². The standard InChI is InChI=1S/C17H26N2S/c1-3-18-11-10-15-14-19(12-7-13-20-4-2)17-9-6-5-8-16(15)17/h5-6,8-9,14,18H,3-4,7,10-13H2,1-2H3. The van der Waals surface area contributed by atoms with Gasteiger partial charge in [-0.25, -0.2) is 0 Å². The van der Waals surface area contributed by atoms with Gasteiger partial charge in [0.1, 0.15) is 0 Å². The summed E-state index contributed by atoms with van der Waals surface area (Å²) in [6.45, 7) is 7.64. The molecule has 0 saturated heterocycles. The smallest absolute Gasteiger partial charge is 0.0483 e. The zero-order chi connectivity index (χ0) is 14.2. The number of thioether (sulfide) groups is 1. The fourth-order valence-corrected chi connectivity index (χ4v) is 3.21. The summed E-state index contributed by atoms with van der Waals surface area (Å²) in [5, 5.41) is 4.84. The number of hydrogen-bond donors (Lipinski definition) is 1. The second kappa shape index (κ2) is 8.38. The van der Waals surface area contributed by atoms with E-state index in [2.05, 4.69) is 54.2 Å². The highest BCUT2D eigenvalue weighted by molar-refractivity contribution is 7.99. The van der Waals surface area contributed by atoms with Crippen molar-refractivity contribution < 1.29 is 0 Å². The van der Waals surface area contributed by atoms with Crippen LogP contribution in [0.4, 0.5) is 0 Å². The predicted octanol–water partition coefficient (Wildman–Crippen LogP) is 3.94. The van der Waals surface area contributed by atoms with Crippen molar-refractivity contribution in [2.24, 2.45) is 0 Å². The van der Waals surface area contributed by atoms with Gasteiger partial charge in [-0.15, -0.1) is 0 Å². The Morgan fingerprint density at radius 1 is 1.20 bits per heavy atom. The van der Waals surface area contributed by atoms with E-state index < -0.39 is 0 Å². The van der Waals surface area contributed by atoms with E-state index in [-0.39, 0.29) is 0 Å². The molecule has 1 heterocycles. The molecule has 2 nitrogen and oxygen atoms in total. The number of nitrogens with one attached hydrogen (secondary N) is 1. The molecule has 1 aromatic heterocycles. The molecular formula is C17H26N2S. The van der Waals surface area contributed by atoms with Gasteiger partial charge in [-0.2, -0.15) is 11.8 Å². The molecule has 20 heavy (non-hydrogen) atoms. The number of aryl methyl sites for hydroxylation is 1. The lowest BCUT2D eigenvalue weighted by Gasteiger charge is -2.04. The molecule has 1 aromatic carbocycles. The average Bonchev–Trinajstić information content (AvgIpc) is 2.83. The number of rotatable bonds is 9. The van der Waals surface area contributed by atoms with Gasteiger partial charge in [0.15, 0.2) is 0 Å². The van der Waals surface area contributed by atoms with Crippen LogP contribution in [0.5, 0.6) is 0 Å². The van der Waals surface area contributed by atoms with Crippen LogP contribution in [-0.4, -0.2) is 29.2 Å². The number of benzene rings is 1. The second-order valence-corrected chi connectivity index (χ2v) is 6.41. The summed E-state index contributed by atoms with van der Waals surface area (Å²) in [5.41, 5.74) is 2.87. The Morgan fingerprint density at radius 2 is 2.05 bits per heavy atom. The predicted molar refractivity (Wildman–Crippen MR) is 91.8 cm³/mol. The zero-order valence-electron chi connectivity index (χ0n) is 12.7. The summed E-state index contributed by atoms with van der Waals surface area (Å²) in [6.07, 6.45) is 4.73. The van der Waals surface area contributed by atoms with Crippen molar-refractivity contribution >= 4 is 22.7 Å². The van der Waals surface area contributed by atoms with Gasteiger partial charge in [-0.1, -0.05) is 32.0 Å². The largest absolute Gasteiger partial charge is 0.347 e. The number of nitrogens with zero attached hydrogens (tertiary/aromatic N) is 1. The minimum absolute atomic E-state index is 1.05. The van der Waals surface area contributed by atoms with E-state index in [1.54, 1.807) is 0 Å². The Balaban J connectivity index is 2.09. The van der Waals surface area contributed by atoms with Gasteiger partial charge < -0.3 is 9.88 Å². The fraction of sp³-hybridized carbons (Fsp3) is 0.529. The quantitative estimate of drug-likeness (QED) is 0.705. The van der Waals surface area contributed by atoms with E-state index in [1.807, 2.05) is 11.8 Å². The molecule has 0 amide bonds. The van der Waals surface area contributed by atoms with Crippen LogP contribution in [0.25, 0.3) is 10.9 Å². The number of para-hydroxylation sites is 1. The summed E-state index contributed by atoms with van der Waals surface area (Å²) >= 11 is 2.03. The van der Waals surface area contributed by atoms with E-state index in [4.69, 9.17) is 0 Å². The Bertz CT molecular complexity index is 519. The molecule has 0 radical (unpaired) electrons. The molecule has 2 rings (SSSR count). The van der Waals surface area contributed by atoms with Crippen molar-refractivity contribution in [2.75, 3.05) is 24.6 Å². The van der Waals surface area contributed by atoms with Crippen molar-refractivity contribution in [1.29, 1.82) is 0 Å². The van der Waals surface area contributed by atoms with Crippen LogP contribution in [-0.2, 0) is 13.0 Å². The molecule has 0 saturated carbocycles. The Morgan fingerprint density at radius 3 is 2.85 bits per heavy atom. The fourth-order valence-electron chi connectivity index (χ4n) is 2.59. The molecule has 1 N–H and O–H groups in total. The van der Waals surface area contributed by atoms with Crippen LogP contribution in [0.1, 0.15) is 25.8 Å². The molecule has 0 bridgehead atoms. The van der Waals surface area contributed by atoms with Gasteiger partial charge in [0, 0.05) is 23.6 Å². The Hall–Kier alpha value is -0.930. The number of hydrogen-bond acceptors (Lipinski definition) is 2. The molecular weight excluding hydrogens is 264 g/mol. The van der Waals surface area contributed by atoms with Crippen molar-refractivity contribution in [3.63, 3.8) is 0 Å². The van der Waals surface area contributed by atoms with E-state index in [0.717, 1.165) is 26.1 Å². The molecule has 0 aliphatic rings. The lowest BCUT2D eigenvalue weighted by molar-refractivity contribution is 0.695. The first-order valence-corrected chi connectivity index (χ1v) is 8.87. The maximum Gasteiger partial charge on any atom is 0.0483 e. The SMILES string of the molecule is CCNCCc1cn(CCCSCC)c2ccccc12. The number of likely N-dealkylation sites (N-methyl/N-ethyl adjacent to an activating group) is 1. The van der Waals surface area contributed by atoms with E-state index in [9.17, 15) is 0 Å². The lowest BCUT2D eigenvalue weighted by atomic mass is 10.1. The van der Waals surface area contributed by atoms with Crippen molar-refractivity contribution in [3.05, 3.63) is 36.0 Å². The van der Waals surface area contributed by atoms with Gasteiger partial charge in [0.2, 0.25) is 0 Å². The van der Waals surface area contributed by atoms with Crippen LogP contribution in [0.15, 0.2) is 30.5 Å². The summed E-state index contributed by atoms with van der Waals surface area (Å²) < 4.78 is 2.44. The first kappa shape index (κ1) is 15.5. The number of aromatic nitrogens is 1. The number of fused-ring (bicyclic) bond motifs is 1. The van der Waals surface area contributed by atoms with Crippen LogP contribution >= 0.6 is 11.8 Å². The van der Waals surface area contributed by atoms with Crippen LogP contribution in [0, 0.1) is 0 Å². The minimum atomic E-state index is 1.05. The molecule has 0 aliphatic carbocycles. The van der Waals surface area contributed by atoms with E-state index >= 15 is 0 Å². The second-order valence-electron chi connectivity index (χ2n) is 5.02. The van der Waals surface area contributed by atoms with Crippen LogP contribution in [0.3, 0.4) is 0 Å². The third kappa shape index (κ3) is 4.03. The van der Waals surface area contributed by atoms with Crippen molar-refractivity contribution in [1.82, 2.24) is 9.88 Å². The normalized spacial score (nSPS) is 11.3. The first-order valence-electron chi connectivity index (χ1n) is 7.72. The summed E-state index contributed by atoms with van der Waals surface area (Å²) in [6, 6.07) is 8.80.